The minimum Gasteiger partial charge on any atom is -0.542 e. The van der Waals surface area contributed by atoms with E-state index in [4.69, 9.17) is 8.53 Å². The number of rotatable bonds is 8. The van der Waals surface area contributed by atoms with Gasteiger partial charge in [0.1, 0.15) is 22.7 Å². The van der Waals surface area contributed by atoms with Crippen LogP contribution in [0.5, 0.6) is 28.7 Å². The van der Waals surface area contributed by atoms with E-state index in [2.05, 4.69) is 38.7 Å². The van der Waals surface area contributed by atoms with Gasteiger partial charge in [0.05, 0.1) is 17.2 Å². The second kappa shape index (κ2) is 16.5. The van der Waals surface area contributed by atoms with Crippen molar-refractivity contribution in [2.24, 2.45) is 11.8 Å². The van der Waals surface area contributed by atoms with Crippen LogP contribution in [0.15, 0.2) is 34.6 Å². The summed E-state index contributed by atoms with van der Waals surface area (Å²) in [6.07, 6.45) is 8.14. The van der Waals surface area contributed by atoms with E-state index in [1.807, 2.05) is 27.7 Å². The molecule has 0 bridgehead atoms. The van der Waals surface area contributed by atoms with Crippen molar-refractivity contribution in [1.29, 1.82) is 0 Å². The molecule has 0 saturated heterocycles. The van der Waals surface area contributed by atoms with Crippen LogP contribution in [0, 0.1) is 24.8 Å². The van der Waals surface area contributed by atoms with E-state index in [0.717, 1.165) is 49.7 Å². The number of pyridine rings is 1. The van der Waals surface area contributed by atoms with Crippen LogP contribution in [0.1, 0.15) is 141 Å². The van der Waals surface area contributed by atoms with Gasteiger partial charge in [-0.25, -0.2) is 0 Å². The van der Waals surface area contributed by atoms with E-state index in [9.17, 15) is 35.4 Å². The first kappa shape index (κ1) is 40.9. The van der Waals surface area contributed by atoms with Crippen LogP contribution < -0.4 is 0 Å². The molecular formula is C47H60IrNO8-. The van der Waals surface area contributed by atoms with E-state index in [1.165, 1.54) is 12.3 Å². The Bertz CT molecular complexity index is 2470. The Morgan fingerprint density at radius 3 is 2.02 bits per heavy atom. The van der Waals surface area contributed by atoms with E-state index in [0.29, 0.717) is 16.4 Å². The number of phenolic OH excluding ortho intramolecular Hbond substituents is 5. The van der Waals surface area contributed by atoms with Crippen LogP contribution in [-0.4, -0.2) is 41.4 Å². The van der Waals surface area contributed by atoms with Crippen molar-refractivity contribution in [2.45, 2.75) is 138 Å². The van der Waals surface area contributed by atoms with E-state index in [1.54, 1.807) is 32.9 Å². The van der Waals surface area contributed by atoms with Crippen molar-refractivity contribution in [3.05, 3.63) is 58.5 Å². The Kier molecular flexibility index (Phi) is 11.9. The normalized spacial score (nSPS) is 16.2. The summed E-state index contributed by atoms with van der Waals surface area (Å²) in [6.45, 7) is 19.4. The van der Waals surface area contributed by atoms with Gasteiger partial charge in [0.25, 0.3) is 0 Å². The number of aliphatic hydroxyl groups excluding tert-OH is 1. The molecule has 6 N–H and O–H groups in total. The van der Waals surface area contributed by atoms with E-state index < -0.39 is 35.3 Å². The molecule has 0 amide bonds. The van der Waals surface area contributed by atoms with Crippen LogP contribution in [-0.2, 0) is 41.1 Å². The van der Waals surface area contributed by atoms with Crippen LogP contribution in [0.3, 0.4) is 0 Å². The number of nitrogens with zero attached hydrogens (tertiary/aromatic N) is 1. The van der Waals surface area contributed by atoms with E-state index in [-0.39, 0.29) is 98.8 Å². The number of aliphatic hydroxyl groups is 1. The Hall–Kier alpha value is -4.27. The third kappa shape index (κ3) is 7.97. The van der Waals surface area contributed by atoms with Crippen molar-refractivity contribution in [2.75, 3.05) is 0 Å². The number of aryl methyl sites for hydroxylation is 1. The topological polar surface area (TPSA) is 164 Å². The first-order valence-corrected chi connectivity index (χ1v) is 19.7. The standard InChI is InChI=1S/C34H36NO6.C13H24O2.Ir/c1-15-13-19-22(34(7,8)11-10-33(19,5)6)31-20(15)16-9-12-35-24(30(16)41-31)18-14-17-21(23(25(18)36)32(2,3)4)27(38)29(40)28(39)26(17)37;1-5-10(6-2)12(14)9-13(15)11(7-3)8-4;/h9,12-13,36-40H,10-11H2,1-8H3;9-11,14H,5-8H2,1-4H3;/q-1;;/b;12-9-;/i1D3;;. The third-order valence-corrected chi connectivity index (χ3v) is 11.9. The fourth-order valence-electron chi connectivity index (χ4n) is 8.32. The molecule has 10 heteroatoms. The van der Waals surface area contributed by atoms with Gasteiger partial charge in [0.15, 0.2) is 17.3 Å². The van der Waals surface area contributed by atoms with Crippen molar-refractivity contribution in [3.8, 4) is 40.0 Å². The summed E-state index contributed by atoms with van der Waals surface area (Å²) in [7, 11) is 0. The smallest absolute Gasteiger partial charge is 0.188 e. The molecule has 57 heavy (non-hydrogen) atoms. The Morgan fingerprint density at radius 2 is 1.46 bits per heavy atom. The van der Waals surface area contributed by atoms with Crippen molar-refractivity contribution in [1.82, 2.24) is 4.98 Å². The van der Waals surface area contributed by atoms with Gasteiger partial charge in [-0.1, -0.05) is 98.7 Å². The summed E-state index contributed by atoms with van der Waals surface area (Å²) in [5.74, 6) is -3.09. The number of aromatic hydroxyl groups is 5. The molecule has 0 fully saturated rings. The average molecular weight is 962 g/mol. The summed E-state index contributed by atoms with van der Waals surface area (Å²) in [5, 5.41) is 64.6. The van der Waals surface area contributed by atoms with E-state index >= 15 is 0 Å². The molecule has 1 radical (unpaired) electrons. The number of carbonyl (C=O) groups is 1. The van der Waals surface area contributed by atoms with Gasteiger partial charge in [-0.3, -0.25) is 9.78 Å². The number of aromatic nitrogens is 1. The molecule has 6 rings (SSSR count). The van der Waals surface area contributed by atoms with Crippen LogP contribution >= 0.6 is 0 Å². The monoisotopic (exact) mass is 962 g/mol. The molecule has 0 spiro atoms. The minimum absolute atomic E-state index is 0. The molecule has 1 aliphatic carbocycles. The maximum Gasteiger partial charge on any atom is 0.188 e. The largest absolute Gasteiger partial charge is 0.542 e. The van der Waals surface area contributed by atoms with Crippen molar-refractivity contribution < 1.29 is 64.1 Å². The fraction of sp³-hybridized carbons (Fsp3) is 0.489. The number of hydrogen-bond donors (Lipinski definition) is 6. The van der Waals surface area contributed by atoms with Gasteiger partial charge in [-0.2, -0.15) is 0 Å². The third-order valence-electron chi connectivity index (χ3n) is 11.9. The molecule has 0 saturated carbocycles. The number of phenols is 5. The number of furan rings is 1. The number of allylic oxidation sites excluding steroid dienone is 2. The van der Waals surface area contributed by atoms with Crippen molar-refractivity contribution >= 4 is 38.5 Å². The van der Waals surface area contributed by atoms with Gasteiger partial charge in [-0.05, 0) is 84.2 Å². The molecule has 311 valence electrons. The maximum atomic E-state index is 11.8. The Labute approximate surface area is 354 Å². The summed E-state index contributed by atoms with van der Waals surface area (Å²) >= 11 is 0. The second-order valence-corrected chi connectivity index (χ2v) is 17.6. The van der Waals surface area contributed by atoms with Gasteiger partial charge in [0.2, 0.25) is 0 Å². The quantitative estimate of drug-likeness (QED) is 0.0292. The zero-order valence-corrected chi connectivity index (χ0v) is 37.4. The first-order valence-electron chi connectivity index (χ1n) is 21.2. The fourth-order valence-corrected chi connectivity index (χ4v) is 8.32. The minimum atomic E-state index is -2.45. The molecule has 1 aliphatic rings. The number of benzene rings is 3. The summed E-state index contributed by atoms with van der Waals surface area (Å²) < 4.78 is 32.1. The Morgan fingerprint density at radius 1 is 0.877 bits per heavy atom. The zero-order chi connectivity index (χ0) is 44.3. The van der Waals surface area contributed by atoms with Gasteiger partial charge >= 0.3 is 0 Å². The molecular weight excluding hydrogens is 899 g/mol. The number of carbonyl (C=O) groups excluding carboxylic acids is 1. The molecule has 0 unspecified atom stereocenters. The Balaban J connectivity index is 0.000000425. The summed E-state index contributed by atoms with van der Waals surface area (Å²) in [4.78, 5) is 16.3. The molecule has 2 aromatic heterocycles. The molecule has 5 aromatic rings. The SMILES string of the molecule is CCC(CC)C(=O)/C=C(\O)C(CC)CC.[2H]C([2H])([2H])c1cc2c(c3oc4c(-c5[c-]c6c(O)c(O)c(O)c(O)c6c(C(C)(C)C)c5O)nccc4c13)C(C)(C)CCC2(C)C.[Ir]. The summed E-state index contributed by atoms with van der Waals surface area (Å²) in [6, 6.07) is 6.39. The zero-order valence-electron chi connectivity index (χ0n) is 38.0. The molecule has 0 atom stereocenters. The van der Waals surface area contributed by atoms with Gasteiger partial charge < -0.3 is 35.1 Å². The van der Waals surface area contributed by atoms with Crippen LogP contribution in [0.2, 0.25) is 0 Å². The number of fused-ring (bicyclic) bond motifs is 6. The molecule has 0 aliphatic heterocycles. The molecule has 9 nitrogen and oxygen atoms in total. The predicted octanol–water partition coefficient (Wildman–Crippen LogP) is 12.0. The number of hydrogen-bond acceptors (Lipinski definition) is 9. The van der Waals surface area contributed by atoms with Crippen molar-refractivity contribution in [3.63, 3.8) is 0 Å². The predicted molar refractivity (Wildman–Crippen MR) is 224 cm³/mol. The number of ketones is 1. The van der Waals surface area contributed by atoms with Gasteiger partial charge in [-0.15, -0.1) is 6.07 Å². The first-order chi connectivity index (χ1) is 27.3. The van der Waals surface area contributed by atoms with Crippen LogP contribution in [0.25, 0.3) is 44.0 Å². The summed E-state index contributed by atoms with van der Waals surface area (Å²) in [5.41, 5.74) is 1.55. The average Bonchev–Trinajstić information content (AvgIpc) is 3.54. The maximum absolute atomic E-state index is 11.8. The second-order valence-electron chi connectivity index (χ2n) is 17.6. The van der Waals surface area contributed by atoms with Gasteiger partial charge in [0, 0.05) is 64.7 Å². The van der Waals surface area contributed by atoms with Crippen LogP contribution in [0.4, 0.5) is 0 Å². The molecule has 3 aromatic carbocycles. The molecule has 2 heterocycles.